The van der Waals surface area contributed by atoms with Crippen LogP contribution < -0.4 is 0 Å². The van der Waals surface area contributed by atoms with Crippen molar-refractivity contribution in [2.24, 2.45) is 5.92 Å². The fourth-order valence-corrected chi connectivity index (χ4v) is 3.89. The first-order valence-corrected chi connectivity index (χ1v) is 8.52. The fourth-order valence-electron chi connectivity index (χ4n) is 2.93. The van der Waals surface area contributed by atoms with Crippen LogP contribution in [0.5, 0.6) is 0 Å². The zero-order valence-electron chi connectivity index (χ0n) is 12.9. The smallest absolute Gasteiger partial charge is 0.168 e. The molecule has 0 aromatic carbocycles. The van der Waals surface area contributed by atoms with Crippen LogP contribution in [0, 0.1) is 5.92 Å². The van der Waals surface area contributed by atoms with Crippen molar-refractivity contribution in [3.05, 3.63) is 0 Å². The first-order chi connectivity index (χ1) is 8.89. The summed E-state index contributed by atoms with van der Waals surface area (Å²) in [4.78, 5) is 2.59. The van der Waals surface area contributed by atoms with Crippen LogP contribution >= 0.6 is 11.8 Å². The predicted octanol–water partition coefficient (Wildman–Crippen LogP) is 2.99. The van der Waals surface area contributed by atoms with Crippen LogP contribution in [-0.4, -0.2) is 54.0 Å². The van der Waals surface area contributed by atoms with E-state index >= 15 is 0 Å². The maximum absolute atomic E-state index is 5.80. The lowest BCUT2D eigenvalue weighted by molar-refractivity contribution is -0.190. The van der Waals surface area contributed by atoms with E-state index < -0.39 is 0 Å². The molecule has 0 aromatic heterocycles. The SMILES string of the molecule is CC(C)(C)SCCN1CCC(C2(C)OCCO2)CC1. The normalized spacial score (nSPS) is 25.9. The average Bonchev–Trinajstić information content (AvgIpc) is 2.77. The summed E-state index contributed by atoms with van der Waals surface area (Å²) in [5.41, 5.74) is 0. The molecule has 0 aliphatic carbocycles. The van der Waals surface area contributed by atoms with Crippen LogP contribution in [-0.2, 0) is 9.47 Å². The Morgan fingerprint density at radius 3 is 2.26 bits per heavy atom. The quantitative estimate of drug-likeness (QED) is 0.792. The van der Waals surface area contributed by atoms with Crippen LogP contribution in [0.4, 0.5) is 0 Å². The fraction of sp³-hybridized carbons (Fsp3) is 1.00. The van der Waals surface area contributed by atoms with Gasteiger partial charge in [-0.25, -0.2) is 0 Å². The van der Waals surface area contributed by atoms with Crippen molar-refractivity contribution in [1.29, 1.82) is 0 Å². The van der Waals surface area contributed by atoms with Gasteiger partial charge in [0.1, 0.15) is 0 Å². The summed E-state index contributed by atoms with van der Waals surface area (Å²) in [6, 6.07) is 0. The largest absolute Gasteiger partial charge is 0.348 e. The average molecular weight is 287 g/mol. The van der Waals surface area contributed by atoms with Crippen molar-refractivity contribution in [1.82, 2.24) is 4.90 Å². The van der Waals surface area contributed by atoms with E-state index in [1.807, 2.05) is 0 Å². The van der Waals surface area contributed by atoms with Crippen LogP contribution in [0.2, 0.25) is 0 Å². The molecule has 0 aromatic rings. The summed E-state index contributed by atoms with van der Waals surface area (Å²) in [5, 5.41) is 0. The number of hydrogen-bond donors (Lipinski definition) is 0. The predicted molar refractivity (Wildman–Crippen MR) is 81.7 cm³/mol. The molecule has 0 N–H and O–H groups in total. The van der Waals surface area contributed by atoms with Gasteiger partial charge < -0.3 is 14.4 Å². The van der Waals surface area contributed by atoms with E-state index in [2.05, 4.69) is 44.4 Å². The van der Waals surface area contributed by atoms with E-state index in [4.69, 9.17) is 9.47 Å². The van der Waals surface area contributed by atoms with Gasteiger partial charge in [-0.15, -0.1) is 0 Å². The molecule has 4 heteroatoms. The molecular formula is C15H29NO2S. The molecule has 2 saturated heterocycles. The molecule has 2 fully saturated rings. The third-order valence-corrected chi connectivity index (χ3v) is 5.39. The van der Waals surface area contributed by atoms with Crippen LogP contribution in [0.15, 0.2) is 0 Å². The Bertz CT molecular complexity index is 276. The summed E-state index contributed by atoms with van der Waals surface area (Å²) < 4.78 is 12.0. The number of rotatable bonds is 4. The molecule has 112 valence electrons. The number of piperidine rings is 1. The lowest BCUT2D eigenvalue weighted by atomic mass is 9.89. The van der Waals surface area contributed by atoms with Gasteiger partial charge in [-0.3, -0.25) is 0 Å². The first kappa shape index (κ1) is 15.6. The zero-order valence-corrected chi connectivity index (χ0v) is 13.7. The third kappa shape index (κ3) is 4.62. The standard InChI is InChI=1S/C15H29NO2S/c1-14(2,3)19-12-9-16-7-5-13(6-8-16)15(4)17-10-11-18-15/h13H,5-12H2,1-4H3. The highest BCUT2D eigenvalue weighted by Gasteiger charge is 2.41. The maximum atomic E-state index is 5.80. The van der Waals surface area contributed by atoms with Gasteiger partial charge in [0.25, 0.3) is 0 Å². The van der Waals surface area contributed by atoms with Crippen LogP contribution in [0.3, 0.4) is 0 Å². The van der Waals surface area contributed by atoms with E-state index in [9.17, 15) is 0 Å². The van der Waals surface area contributed by atoms with Gasteiger partial charge in [-0.2, -0.15) is 11.8 Å². The molecule has 0 bridgehead atoms. The topological polar surface area (TPSA) is 21.7 Å². The Morgan fingerprint density at radius 1 is 1.16 bits per heavy atom. The summed E-state index contributed by atoms with van der Waals surface area (Å²) in [5.74, 6) is 1.51. The Kier molecular flexibility index (Phi) is 5.21. The van der Waals surface area contributed by atoms with E-state index in [-0.39, 0.29) is 5.79 Å². The molecule has 3 nitrogen and oxygen atoms in total. The van der Waals surface area contributed by atoms with Gasteiger partial charge in [0.15, 0.2) is 5.79 Å². The number of ether oxygens (including phenoxy) is 2. The van der Waals surface area contributed by atoms with Gasteiger partial charge in [-0.05, 0) is 32.9 Å². The summed E-state index contributed by atoms with van der Waals surface area (Å²) >= 11 is 2.06. The minimum atomic E-state index is -0.299. The van der Waals surface area contributed by atoms with Gasteiger partial charge in [-0.1, -0.05) is 20.8 Å². The Morgan fingerprint density at radius 2 is 1.74 bits per heavy atom. The summed E-state index contributed by atoms with van der Waals surface area (Å²) in [6.45, 7) is 14.1. The molecule has 0 amide bonds. The molecule has 0 atom stereocenters. The maximum Gasteiger partial charge on any atom is 0.168 e. The molecule has 0 saturated carbocycles. The van der Waals surface area contributed by atoms with Crippen LogP contribution in [0.25, 0.3) is 0 Å². The highest BCUT2D eigenvalue weighted by molar-refractivity contribution is 8.00. The van der Waals surface area contributed by atoms with Crippen molar-refractivity contribution < 1.29 is 9.47 Å². The highest BCUT2D eigenvalue weighted by atomic mass is 32.2. The second kappa shape index (κ2) is 6.33. The van der Waals surface area contributed by atoms with Crippen molar-refractivity contribution in [3.8, 4) is 0 Å². The first-order valence-electron chi connectivity index (χ1n) is 7.53. The van der Waals surface area contributed by atoms with E-state index in [1.54, 1.807) is 0 Å². The van der Waals surface area contributed by atoms with Gasteiger partial charge >= 0.3 is 0 Å². The van der Waals surface area contributed by atoms with Crippen molar-refractivity contribution in [3.63, 3.8) is 0 Å². The molecule has 19 heavy (non-hydrogen) atoms. The van der Waals surface area contributed by atoms with E-state index in [0.29, 0.717) is 10.7 Å². The Balaban J connectivity index is 1.68. The molecule has 0 spiro atoms. The molecule has 0 unspecified atom stereocenters. The molecular weight excluding hydrogens is 258 g/mol. The highest BCUT2D eigenvalue weighted by Crippen LogP contribution is 2.35. The third-order valence-electron chi connectivity index (χ3n) is 4.13. The van der Waals surface area contributed by atoms with Gasteiger partial charge in [0.05, 0.1) is 13.2 Å². The lowest BCUT2D eigenvalue weighted by Crippen LogP contribution is -2.44. The minimum Gasteiger partial charge on any atom is -0.348 e. The molecule has 2 rings (SSSR count). The molecule has 2 aliphatic heterocycles. The van der Waals surface area contributed by atoms with Gasteiger partial charge in [0.2, 0.25) is 0 Å². The minimum absolute atomic E-state index is 0.299. The van der Waals surface area contributed by atoms with Gasteiger partial charge in [0, 0.05) is 23.0 Å². The lowest BCUT2D eigenvalue weighted by Gasteiger charge is -2.39. The zero-order chi connectivity index (χ0) is 13.9. The Labute approximate surface area is 122 Å². The molecule has 0 radical (unpaired) electrons. The molecule has 2 heterocycles. The van der Waals surface area contributed by atoms with E-state index in [0.717, 1.165) is 13.2 Å². The summed E-state index contributed by atoms with van der Waals surface area (Å²) in [7, 11) is 0. The number of hydrogen-bond acceptors (Lipinski definition) is 4. The monoisotopic (exact) mass is 287 g/mol. The number of thioether (sulfide) groups is 1. The summed E-state index contributed by atoms with van der Waals surface area (Å²) in [6.07, 6.45) is 2.41. The second-order valence-corrected chi connectivity index (χ2v) is 8.71. The second-order valence-electron chi connectivity index (χ2n) is 6.79. The van der Waals surface area contributed by atoms with Crippen molar-refractivity contribution >= 4 is 11.8 Å². The molecule has 2 aliphatic rings. The van der Waals surface area contributed by atoms with Crippen LogP contribution in [0.1, 0.15) is 40.5 Å². The number of nitrogens with zero attached hydrogens (tertiary/aromatic N) is 1. The Hall–Kier alpha value is 0.230. The number of likely N-dealkylation sites (tertiary alicyclic amines) is 1. The van der Waals surface area contributed by atoms with E-state index in [1.165, 1.54) is 38.2 Å². The van der Waals surface area contributed by atoms with Crippen molar-refractivity contribution in [2.75, 3.05) is 38.6 Å². The van der Waals surface area contributed by atoms with Crippen molar-refractivity contribution in [2.45, 2.75) is 51.1 Å².